The minimum Gasteiger partial charge on any atom is -0.395 e. The molecule has 0 rings (SSSR count). The highest BCUT2D eigenvalue weighted by molar-refractivity contribution is 8.85. The summed E-state index contributed by atoms with van der Waals surface area (Å²) in [6.07, 6.45) is 0. The van der Waals surface area contributed by atoms with Gasteiger partial charge in [0.1, 0.15) is 0 Å². The summed E-state index contributed by atoms with van der Waals surface area (Å²) in [6, 6.07) is 0. The molecule has 0 saturated heterocycles. The highest BCUT2D eigenvalue weighted by Crippen LogP contribution is 2.31. The summed E-state index contributed by atoms with van der Waals surface area (Å²) < 4.78 is 0. The Kier molecular flexibility index (Phi) is 12.7. The van der Waals surface area contributed by atoms with E-state index in [0.717, 1.165) is 16.6 Å². The molecule has 0 aromatic heterocycles. The van der Waals surface area contributed by atoms with Gasteiger partial charge in [-0.05, 0) is 0 Å². The molecule has 11 heavy (non-hydrogen) atoms. The molecule has 6 heteroatoms. The van der Waals surface area contributed by atoms with Gasteiger partial charge in [-0.3, -0.25) is 0 Å². The van der Waals surface area contributed by atoms with Crippen LogP contribution in [0.1, 0.15) is 0 Å². The predicted octanol–water partition coefficient (Wildman–Crippen LogP) is 1.69. The van der Waals surface area contributed by atoms with Gasteiger partial charge in [-0.2, -0.15) is 0 Å². The zero-order chi connectivity index (χ0) is 8.36. The van der Waals surface area contributed by atoms with Crippen LogP contribution in [-0.2, 0) is 0 Å². The van der Waals surface area contributed by atoms with Gasteiger partial charge >= 0.3 is 0 Å². The fraction of sp³-hybridized carbons (Fsp3) is 1.00. The van der Waals surface area contributed by atoms with E-state index in [-0.39, 0.29) is 13.2 Å². The second kappa shape index (κ2) is 11.3. The van der Waals surface area contributed by atoms with Crippen LogP contribution in [0.4, 0.5) is 0 Å². The minimum absolute atomic E-state index is 0.256. The van der Waals surface area contributed by atoms with E-state index in [2.05, 4.69) is 0 Å². The van der Waals surface area contributed by atoms with Gasteiger partial charge in [0.05, 0.1) is 18.3 Å². The standard InChI is InChI=1S/C5H12O2S4/c6-1-3-8-10-5-11-9-4-2-7/h6-7H,1-5H2. The molecule has 0 aliphatic heterocycles. The highest BCUT2D eigenvalue weighted by atomic mass is 33.1. The van der Waals surface area contributed by atoms with Crippen LogP contribution in [0.15, 0.2) is 0 Å². The summed E-state index contributed by atoms with van der Waals surface area (Å²) in [6.45, 7) is 0.512. The molecule has 0 atom stereocenters. The van der Waals surface area contributed by atoms with Crippen molar-refractivity contribution in [3.05, 3.63) is 0 Å². The Balaban J connectivity index is 2.69. The molecule has 0 amide bonds. The first-order valence-electron chi connectivity index (χ1n) is 3.12. The third kappa shape index (κ3) is 11.3. The van der Waals surface area contributed by atoms with Gasteiger partial charge in [0.25, 0.3) is 0 Å². The van der Waals surface area contributed by atoms with Crippen LogP contribution in [0.2, 0.25) is 0 Å². The Morgan fingerprint density at radius 1 is 0.727 bits per heavy atom. The largest absolute Gasteiger partial charge is 0.395 e. The molecule has 2 N–H and O–H groups in total. The van der Waals surface area contributed by atoms with E-state index in [4.69, 9.17) is 10.2 Å². The first-order valence-corrected chi connectivity index (χ1v) is 8.10. The zero-order valence-electron chi connectivity index (χ0n) is 6.06. The minimum atomic E-state index is 0.256. The lowest BCUT2D eigenvalue weighted by atomic mass is 10.9. The lowest BCUT2D eigenvalue weighted by Gasteiger charge is -1.97. The second-order valence-electron chi connectivity index (χ2n) is 1.44. The van der Waals surface area contributed by atoms with Crippen LogP contribution in [0.25, 0.3) is 0 Å². The maximum Gasteiger partial charge on any atom is 0.0600 e. The maximum atomic E-state index is 8.43. The van der Waals surface area contributed by atoms with E-state index in [1.165, 1.54) is 0 Å². The average molecular weight is 232 g/mol. The van der Waals surface area contributed by atoms with Gasteiger partial charge in [0, 0.05) is 11.5 Å². The number of rotatable bonds is 8. The molecule has 2 nitrogen and oxygen atoms in total. The van der Waals surface area contributed by atoms with E-state index >= 15 is 0 Å². The summed E-state index contributed by atoms with van der Waals surface area (Å²) in [7, 11) is 6.85. The van der Waals surface area contributed by atoms with Crippen molar-refractivity contribution in [2.45, 2.75) is 0 Å². The number of aliphatic hydroxyl groups is 2. The molecule has 0 unspecified atom stereocenters. The molecule has 0 heterocycles. The molecule has 0 aromatic rings. The third-order valence-corrected chi connectivity index (χ3v) is 6.15. The van der Waals surface area contributed by atoms with Crippen molar-refractivity contribution >= 4 is 43.2 Å². The van der Waals surface area contributed by atoms with Crippen molar-refractivity contribution < 1.29 is 10.2 Å². The van der Waals surface area contributed by atoms with Crippen LogP contribution in [0, 0.1) is 0 Å². The summed E-state index contributed by atoms with van der Waals surface area (Å²) in [5.74, 6) is 1.60. The summed E-state index contributed by atoms with van der Waals surface area (Å²) in [5, 5.41) is 17.9. The van der Waals surface area contributed by atoms with E-state index in [1.54, 1.807) is 43.2 Å². The normalized spacial score (nSPS) is 10.4. The van der Waals surface area contributed by atoms with Crippen molar-refractivity contribution in [2.75, 3.05) is 29.8 Å². The van der Waals surface area contributed by atoms with Crippen LogP contribution in [0.5, 0.6) is 0 Å². The van der Waals surface area contributed by atoms with Crippen LogP contribution >= 0.6 is 43.2 Å². The highest BCUT2D eigenvalue weighted by Gasteiger charge is 1.90. The number of aliphatic hydroxyl groups excluding tert-OH is 2. The second-order valence-corrected chi connectivity index (χ2v) is 6.98. The number of hydrogen-bond acceptors (Lipinski definition) is 6. The van der Waals surface area contributed by atoms with Crippen molar-refractivity contribution in [3.63, 3.8) is 0 Å². The summed E-state index contributed by atoms with van der Waals surface area (Å²) in [5.41, 5.74) is 0. The van der Waals surface area contributed by atoms with Gasteiger partial charge in [0.15, 0.2) is 0 Å². The Morgan fingerprint density at radius 3 is 1.55 bits per heavy atom. The third-order valence-electron chi connectivity index (χ3n) is 0.612. The molecule has 68 valence electrons. The molecular formula is C5H12O2S4. The SMILES string of the molecule is OCCSSCSSCCO. The van der Waals surface area contributed by atoms with Gasteiger partial charge in [-0.25, -0.2) is 0 Å². The Morgan fingerprint density at radius 2 is 1.18 bits per heavy atom. The van der Waals surface area contributed by atoms with E-state index in [9.17, 15) is 0 Å². The molecule has 0 bridgehead atoms. The molecule has 0 spiro atoms. The molecule has 0 fully saturated rings. The monoisotopic (exact) mass is 232 g/mol. The molecule has 0 saturated carbocycles. The fourth-order valence-electron chi connectivity index (χ4n) is 0.280. The van der Waals surface area contributed by atoms with Crippen molar-refractivity contribution in [1.82, 2.24) is 0 Å². The van der Waals surface area contributed by atoms with Gasteiger partial charge in [-0.15, -0.1) is 0 Å². The molecule has 0 aliphatic carbocycles. The zero-order valence-corrected chi connectivity index (χ0v) is 9.33. The maximum absolute atomic E-state index is 8.43. The van der Waals surface area contributed by atoms with Gasteiger partial charge < -0.3 is 10.2 Å². The summed E-state index contributed by atoms with van der Waals surface area (Å²) >= 11 is 0. The quantitative estimate of drug-likeness (QED) is 0.377. The first kappa shape index (κ1) is 12.3. The van der Waals surface area contributed by atoms with Crippen LogP contribution in [-0.4, -0.2) is 40.0 Å². The predicted molar refractivity (Wildman–Crippen MR) is 59.1 cm³/mol. The molecular weight excluding hydrogens is 220 g/mol. The molecule has 0 radical (unpaired) electrons. The first-order chi connectivity index (χ1) is 5.41. The van der Waals surface area contributed by atoms with Crippen LogP contribution < -0.4 is 0 Å². The molecule has 0 aromatic carbocycles. The van der Waals surface area contributed by atoms with Crippen molar-refractivity contribution in [2.24, 2.45) is 0 Å². The fourth-order valence-corrected chi connectivity index (χ4v) is 5.16. The van der Waals surface area contributed by atoms with E-state index < -0.39 is 0 Å². The van der Waals surface area contributed by atoms with E-state index in [1.807, 2.05) is 0 Å². The summed E-state index contributed by atoms with van der Waals surface area (Å²) in [4.78, 5) is 0. The Bertz CT molecular complexity index is 65.5. The molecule has 0 aliphatic rings. The smallest absolute Gasteiger partial charge is 0.0600 e. The number of hydrogen-bond donors (Lipinski definition) is 2. The van der Waals surface area contributed by atoms with E-state index in [0.29, 0.717) is 0 Å². The van der Waals surface area contributed by atoms with Crippen LogP contribution in [0.3, 0.4) is 0 Å². The average Bonchev–Trinajstić information content (AvgIpc) is 2.03. The lowest BCUT2D eigenvalue weighted by molar-refractivity contribution is 0.322. The lowest BCUT2D eigenvalue weighted by Crippen LogP contribution is -1.83. The van der Waals surface area contributed by atoms with Gasteiger partial charge in [0.2, 0.25) is 0 Å². The van der Waals surface area contributed by atoms with Gasteiger partial charge in [-0.1, -0.05) is 43.2 Å². The van der Waals surface area contributed by atoms with Crippen molar-refractivity contribution in [3.8, 4) is 0 Å². The Hall–Kier alpha value is 1.32. The van der Waals surface area contributed by atoms with Crippen molar-refractivity contribution in [1.29, 1.82) is 0 Å². The topological polar surface area (TPSA) is 40.5 Å². The Labute approximate surface area is 83.1 Å².